The molecule has 1 fully saturated rings. The Labute approximate surface area is 147 Å². The Hall–Kier alpha value is -2.69. The van der Waals surface area contributed by atoms with E-state index in [0.717, 1.165) is 17.5 Å². The van der Waals surface area contributed by atoms with Crippen molar-refractivity contribution in [3.63, 3.8) is 0 Å². The number of hydrogen-bond donors (Lipinski definition) is 1. The first-order valence-corrected chi connectivity index (χ1v) is 8.26. The van der Waals surface area contributed by atoms with Crippen LogP contribution in [0.25, 0.3) is 0 Å². The van der Waals surface area contributed by atoms with Crippen LogP contribution in [-0.4, -0.2) is 31.9 Å². The van der Waals surface area contributed by atoms with E-state index in [1.165, 1.54) is 0 Å². The van der Waals surface area contributed by atoms with Crippen LogP contribution in [-0.2, 0) is 22.4 Å². The average Bonchev–Trinajstić information content (AvgIpc) is 2.96. The molecule has 0 spiro atoms. The molecule has 0 bridgehead atoms. The summed E-state index contributed by atoms with van der Waals surface area (Å²) < 4.78 is 15.9. The van der Waals surface area contributed by atoms with E-state index in [1.807, 2.05) is 30.3 Å². The van der Waals surface area contributed by atoms with E-state index in [9.17, 15) is 9.90 Å². The van der Waals surface area contributed by atoms with Gasteiger partial charge in [-0.2, -0.15) is 0 Å². The zero-order chi connectivity index (χ0) is 17.8. The van der Waals surface area contributed by atoms with Crippen molar-refractivity contribution in [1.82, 2.24) is 0 Å². The lowest BCUT2D eigenvalue weighted by atomic mass is 9.85. The lowest BCUT2D eigenvalue weighted by Crippen LogP contribution is -2.20. The number of carbonyl (C=O) groups is 1. The number of rotatable bonds is 6. The molecule has 2 atom stereocenters. The van der Waals surface area contributed by atoms with Crippen molar-refractivity contribution in [3.8, 4) is 17.2 Å². The van der Waals surface area contributed by atoms with Crippen LogP contribution >= 0.6 is 0 Å². The minimum absolute atomic E-state index is 0.111. The molecule has 0 saturated carbocycles. The topological polar surface area (TPSA) is 65.0 Å². The summed E-state index contributed by atoms with van der Waals surface area (Å²) in [6.07, 6.45) is 1.34. The summed E-state index contributed by atoms with van der Waals surface area (Å²) in [5.41, 5.74) is 2.09. The molecule has 2 aromatic rings. The average molecular weight is 342 g/mol. The van der Waals surface area contributed by atoms with Crippen molar-refractivity contribution in [3.05, 3.63) is 53.6 Å². The number of carbonyl (C=O) groups excluding carboxylic acids is 1. The highest BCUT2D eigenvalue weighted by atomic mass is 16.5. The maximum absolute atomic E-state index is 12.2. The lowest BCUT2D eigenvalue weighted by Gasteiger charge is -2.16. The third kappa shape index (κ3) is 3.87. The van der Waals surface area contributed by atoms with E-state index >= 15 is 0 Å². The molecule has 132 valence electrons. The highest BCUT2D eigenvalue weighted by Crippen LogP contribution is 2.33. The van der Waals surface area contributed by atoms with Crippen LogP contribution in [0.3, 0.4) is 0 Å². The van der Waals surface area contributed by atoms with E-state index < -0.39 is 0 Å². The SMILES string of the molecule is COc1ccc(C[C@@H]2COC(=O)[C@@H]2Cc2ccc(O)cc2)cc1OC. The van der Waals surface area contributed by atoms with Gasteiger partial charge < -0.3 is 19.3 Å². The molecule has 0 unspecified atom stereocenters. The highest BCUT2D eigenvalue weighted by molar-refractivity contribution is 5.75. The quantitative estimate of drug-likeness (QED) is 0.818. The molecule has 0 amide bonds. The second kappa shape index (κ2) is 7.47. The van der Waals surface area contributed by atoms with Crippen molar-refractivity contribution in [2.45, 2.75) is 12.8 Å². The van der Waals surface area contributed by atoms with E-state index in [-0.39, 0.29) is 23.6 Å². The zero-order valence-corrected chi connectivity index (χ0v) is 14.4. The van der Waals surface area contributed by atoms with Gasteiger partial charge in [0.2, 0.25) is 0 Å². The fourth-order valence-electron chi connectivity index (χ4n) is 3.25. The predicted molar refractivity (Wildman–Crippen MR) is 93.0 cm³/mol. The Kier molecular flexibility index (Phi) is 5.12. The molecule has 0 aromatic heterocycles. The number of aromatic hydroxyl groups is 1. The molecule has 5 nitrogen and oxygen atoms in total. The number of benzene rings is 2. The van der Waals surface area contributed by atoms with Gasteiger partial charge in [0.1, 0.15) is 5.75 Å². The number of esters is 1. The maximum Gasteiger partial charge on any atom is 0.309 e. The van der Waals surface area contributed by atoms with Crippen LogP contribution in [0.1, 0.15) is 11.1 Å². The first-order valence-electron chi connectivity index (χ1n) is 8.26. The summed E-state index contributed by atoms with van der Waals surface area (Å²) in [6, 6.07) is 12.8. The van der Waals surface area contributed by atoms with Gasteiger partial charge in [-0.05, 0) is 48.2 Å². The van der Waals surface area contributed by atoms with Crippen LogP contribution < -0.4 is 9.47 Å². The Morgan fingerprint density at radius 1 is 1.00 bits per heavy atom. The smallest absolute Gasteiger partial charge is 0.309 e. The Bertz CT molecular complexity index is 738. The van der Waals surface area contributed by atoms with Gasteiger partial charge >= 0.3 is 5.97 Å². The molecule has 1 saturated heterocycles. The van der Waals surface area contributed by atoms with Crippen molar-refractivity contribution in [2.75, 3.05) is 20.8 Å². The molecule has 2 aromatic carbocycles. The second-order valence-electron chi connectivity index (χ2n) is 6.26. The third-order valence-electron chi connectivity index (χ3n) is 4.65. The third-order valence-corrected chi connectivity index (χ3v) is 4.65. The minimum atomic E-state index is -0.183. The predicted octanol–water partition coefficient (Wildman–Crippen LogP) is 2.98. The molecule has 5 heteroatoms. The number of methoxy groups -OCH3 is 2. The molecule has 1 N–H and O–H groups in total. The number of phenols is 1. The van der Waals surface area contributed by atoms with E-state index in [1.54, 1.807) is 26.4 Å². The van der Waals surface area contributed by atoms with Gasteiger partial charge in [-0.15, -0.1) is 0 Å². The fraction of sp³-hybridized carbons (Fsp3) is 0.350. The largest absolute Gasteiger partial charge is 0.508 e. The normalized spacial score (nSPS) is 19.5. The van der Waals surface area contributed by atoms with Gasteiger partial charge in [0, 0.05) is 5.92 Å². The summed E-state index contributed by atoms with van der Waals surface area (Å²) >= 11 is 0. The molecular formula is C20H22O5. The number of hydrogen-bond acceptors (Lipinski definition) is 5. The molecular weight excluding hydrogens is 320 g/mol. The van der Waals surface area contributed by atoms with Crippen LogP contribution in [0.15, 0.2) is 42.5 Å². The van der Waals surface area contributed by atoms with Crippen LogP contribution in [0.4, 0.5) is 0 Å². The molecule has 3 rings (SSSR count). The van der Waals surface area contributed by atoms with E-state index in [0.29, 0.717) is 24.5 Å². The van der Waals surface area contributed by atoms with Gasteiger partial charge in [0.25, 0.3) is 0 Å². The summed E-state index contributed by atoms with van der Waals surface area (Å²) in [6.45, 7) is 0.427. The Balaban J connectivity index is 1.74. The Morgan fingerprint density at radius 3 is 2.36 bits per heavy atom. The van der Waals surface area contributed by atoms with Crippen LogP contribution in [0, 0.1) is 11.8 Å². The fourth-order valence-corrected chi connectivity index (χ4v) is 3.25. The Morgan fingerprint density at radius 2 is 1.68 bits per heavy atom. The van der Waals surface area contributed by atoms with Gasteiger partial charge in [-0.25, -0.2) is 0 Å². The first-order chi connectivity index (χ1) is 12.1. The van der Waals surface area contributed by atoms with E-state index in [4.69, 9.17) is 14.2 Å². The lowest BCUT2D eigenvalue weighted by molar-refractivity contribution is -0.141. The molecule has 1 heterocycles. The maximum atomic E-state index is 12.2. The number of cyclic esters (lactones) is 1. The van der Waals surface area contributed by atoms with Crippen LogP contribution in [0.2, 0.25) is 0 Å². The summed E-state index contributed by atoms with van der Waals surface area (Å²) in [5.74, 6) is 1.36. The first kappa shape index (κ1) is 17.1. The van der Waals surface area contributed by atoms with Crippen molar-refractivity contribution < 1.29 is 24.1 Å². The van der Waals surface area contributed by atoms with Crippen LogP contribution in [0.5, 0.6) is 17.2 Å². The van der Waals surface area contributed by atoms with Crippen molar-refractivity contribution >= 4 is 5.97 Å². The van der Waals surface area contributed by atoms with Gasteiger partial charge in [0.05, 0.1) is 26.7 Å². The molecule has 1 aliphatic heterocycles. The van der Waals surface area contributed by atoms with Gasteiger partial charge in [0.15, 0.2) is 11.5 Å². The van der Waals surface area contributed by atoms with Gasteiger partial charge in [-0.1, -0.05) is 18.2 Å². The van der Waals surface area contributed by atoms with Crippen molar-refractivity contribution in [2.24, 2.45) is 11.8 Å². The molecule has 1 aliphatic rings. The number of ether oxygens (including phenoxy) is 3. The molecule has 25 heavy (non-hydrogen) atoms. The molecule has 0 radical (unpaired) electrons. The summed E-state index contributed by atoms with van der Waals surface area (Å²) in [7, 11) is 3.21. The monoisotopic (exact) mass is 342 g/mol. The van der Waals surface area contributed by atoms with Gasteiger partial charge in [-0.3, -0.25) is 4.79 Å². The highest BCUT2D eigenvalue weighted by Gasteiger charge is 2.36. The van der Waals surface area contributed by atoms with Crippen molar-refractivity contribution in [1.29, 1.82) is 0 Å². The second-order valence-corrected chi connectivity index (χ2v) is 6.26. The summed E-state index contributed by atoms with van der Waals surface area (Å²) in [5, 5.41) is 9.39. The number of phenolic OH excluding ortho intramolecular Hbond substituents is 1. The molecule has 0 aliphatic carbocycles. The standard InChI is InChI=1S/C20H22O5/c1-23-18-8-5-14(11-19(18)24-2)9-15-12-25-20(22)17(15)10-13-3-6-16(21)7-4-13/h3-8,11,15,17,21H,9-10,12H2,1-2H3/t15-,17-/m1/s1. The minimum Gasteiger partial charge on any atom is -0.508 e. The van der Waals surface area contributed by atoms with E-state index in [2.05, 4.69) is 0 Å². The zero-order valence-electron chi connectivity index (χ0n) is 14.4. The summed E-state index contributed by atoms with van der Waals surface area (Å²) in [4.78, 5) is 12.2.